The van der Waals surface area contributed by atoms with Crippen LogP contribution in [0.4, 0.5) is 0 Å². The van der Waals surface area contributed by atoms with E-state index in [0.29, 0.717) is 10.5 Å². The number of benzene rings is 1. The lowest BCUT2D eigenvalue weighted by atomic mass is 10.3. The number of nitrogens with one attached hydrogen (secondary N) is 2. The summed E-state index contributed by atoms with van der Waals surface area (Å²) in [6.07, 6.45) is 1.55. The topological polar surface area (TPSA) is 59.0 Å². The number of hydrogen-bond acceptors (Lipinski definition) is 3. The summed E-state index contributed by atoms with van der Waals surface area (Å²) in [5, 5.41) is 0. The quantitative estimate of drug-likeness (QED) is 0.644. The Kier molecular flexibility index (Phi) is 3.36. The average Bonchev–Trinajstić information content (AvgIpc) is 2.73. The van der Waals surface area contributed by atoms with E-state index in [2.05, 4.69) is 15.3 Å². The number of nitrogens with zero attached hydrogens (tertiary/aromatic N) is 1. The van der Waals surface area contributed by atoms with Crippen LogP contribution in [0.2, 0.25) is 0 Å². The maximum Gasteiger partial charge on any atom is 0.293 e. The minimum absolute atomic E-state index is 0.358. The van der Waals surface area contributed by atoms with Crippen LogP contribution in [0.15, 0.2) is 36.5 Å². The third-order valence-corrected chi connectivity index (χ3v) is 2.52. The van der Waals surface area contributed by atoms with Gasteiger partial charge in [-0.2, -0.15) is 0 Å². The standard InChI is InChI=1S/C11H11N3O2S/c1-16-13-10(15)9-7-12-11(17)14(9)8-5-3-2-4-6-8/h2-7H,1H3,(H,12,17)(H,13,15). The highest BCUT2D eigenvalue weighted by Gasteiger charge is 2.13. The van der Waals surface area contributed by atoms with Gasteiger partial charge < -0.3 is 4.98 Å². The first kappa shape index (κ1) is 11.6. The van der Waals surface area contributed by atoms with Gasteiger partial charge in [0.2, 0.25) is 0 Å². The molecule has 1 heterocycles. The van der Waals surface area contributed by atoms with Crippen LogP contribution in [0.3, 0.4) is 0 Å². The molecule has 17 heavy (non-hydrogen) atoms. The molecule has 0 bridgehead atoms. The molecule has 1 aromatic carbocycles. The van der Waals surface area contributed by atoms with Gasteiger partial charge in [0.05, 0.1) is 7.11 Å². The van der Waals surface area contributed by atoms with Gasteiger partial charge in [0.25, 0.3) is 5.91 Å². The Morgan fingerprint density at radius 1 is 1.41 bits per heavy atom. The molecule has 0 aliphatic carbocycles. The molecule has 0 saturated carbocycles. The third-order valence-electron chi connectivity index (χ3n) is 2.22. The van der Waals surface area contributed by atoms with Gasteiger partial charge in [0.1, 0.15) is 5.69 Å². The molecule has 0 aliphatic heterocycles. The molecule has 0 fully saturated rings. The van der Waals surface area contributed by atoms with Crippen molar-refractivity contribution in [3.63, 3.8) is 0 Å². The molecule has 0 unspecified atom stereocenters. The molecule has 1 amide bonds. The van der Waals surface area contributed by atoms with Crippen molar-refractivity contribution in [1.82, 2.24) is 15.0 Å². The van der Waals surface area contributed by atoms with Gasteiger partial charge in [0, 0.05) is 11.9 Å². The number of carbonyl (C=O) groups is 1. The maximum atomic E-state index is 11.7. The molecular weight excluding hydrogens is 238 g/mol. The average molecular weight is 249 g/mol. The summed E-state index contributed by atoms with van der Waals surface area (Å²) in [6, 6.07) is 9.39. The van der Waals surface area contributed by atoms with Crippen LogP contribution >= 0.6 is 12.2 Å². The number of rotatable bonds is 3. The number of amides is 1. The fraction of sp³-hybridized carbons (Fsp3) is 0.0909. The summed E-state index contributed by atoms with van der Waals surface area (Å²) >= 11 is 5.14. The third kappa shape index (κ3) is 2.27. The Balaban J connectivity index is 2.51. The Hall–Kier alpha value is -1.92. The van der Waals surface area contributed by atoms with Crippen molar-refractivity contribution in [2.75, 3.05) is 7.11 Å². The molecule has 2 rings (SSSR count). The fourth-order valence-electron chi connectivity index (χ4n) is 1.51. The highest BCUT2D eigenvalue weighted by Crippen LogP contribution is 2.12. The molecule has 0 radical (unpaired) electrons. The van der Waals surface area contributed by atoms with Crippen LogP contribution in [0, 0.1) is 4.77 Å². The number of para-hydroxylation sites is 1. The van der Waals surface area contributed by atoms with Crippen LogP contribution in [0.25, 0.3) is 5.69 Å². The number of H-pyrrole nitrogens is 1. The minimum Gasteiger partial charge on any atom is -0.336 e. The smallest absolute Gasteiger partial charge is 0.293 e. The lowest BCUT2D eigenvalue weighted by Gasteiger charge is -2.07. The van der Waals surface area contributed by atoms with Crippen LogP contribution in [-0.2, 0) is 4.84 Å². The lowest BCUT2D eigenvalue weighted by molar-refractivity contribution is 0.0530. The zero-order chi connectivity index (χ0) is 12.3. The van der Waals surface area contributed by atoms with Crippen molar-refractivity contribution in [3.05, 3.63) is 47.0 Å². The van der Waals surface area contributed by atoms with Gasteiger partial charge in [-0.1, -0.05) is 18.2 Å². The predicted octanol–water partition coefficient (Wildman–Crippen LogP) is 1.83. The normalized spacial score (nSPS) is 10.2. The van der Waals surface area contributed by atoms with Crippen LogP contribution in [0.1, 0.15) is 10.5 Å². The highest BCUT2D eigenvalue weighted by molar-refractivity contribution is 7.71. The molecule has 0 spiro atoms. The Labute approximate surface area is 103 Å². The summed E-state index contributed by atoms with van der Waals surface area (Å²) in [5.41, 5.74) is 3.47. The van der Waals surface area contributed by atoms with E-state index in [1.807, 2.05) is 30.3 Å². The first-order chi connectivity index (χ1) is 8.24. The van der Waals surface area contributed by atoms with Gasteiger partial charge in [-0.15, -0.1) is 0 Å². The molecule has 5 nitrogen and oxygen atoms in total. The Bertz CT molecular complexity index is 574. The van der Waals surface area contributed by atoms with Gasteiger partial charge in [-0.25, -0.2) is 5.48 Å². The largest absolute Gasteiger partial charge is 0.336 e. The van der Waals surface area contributed by atoms with Gasteiger partial charge in [0.15, 0.2) is 4.77 Å². The second-order valence-corrected chi connectivity index (χ2v) is 3.67. The van der Waals surface area contributed by atoms with E-state index < -0.39 is 0 Å². The van der Waals surface area contributed by atoms with Crippen molar-refractivity contribution in [2.45, 2.75) is 0 Å². The lowest BCUT2D eigenvalue weighted by Crippen LogP contribution is -2.24. The van der Waals surface area contributed by atoms with E-state index >= 15 is 0 Å². The molecule has 1 aromatic heterocycles. The molecule has 6 heteroatoms. The number of imidazole rings is 1. The minimum atomic E-state index is -0.358. The zero-order valence-electron chi connectivity index (χ0n) is 9.14. The van der Waals surface area contributed by atoms with Gasteiger partial charge in [-0.3, -0.25) is 14.2 Å². The summed E-state index contributed by atoms with van der Waals surface area (Å²) < 4.78 is 2.10. The molecule has 0 aliphatic rings. The van der Waals surface area contributed by atoms with E-state index in [0.717, 1.165) is 5.69 Å². The fourth-order valence-corrected chi connectivity index (χ4v) is 1.78. The van der Waals surface area contributed by atoms with Crippen LogP contribution < -0.4 is 5.48 Å². The highest BCUT2D eigenvalue weighted by atomic mass is 32.1. The summed E-state index contributed by atoms with van der Waals surface area (Å²) in [5.74, 6) is -0.358. The molecular formula is C11H11N3O2S. The Morgan fingerprint density at radius 2 is 2.12 bits per heavy atom. The van der Waals surface area contributed by atoms with Crippen molar-refractivity contribution in [1.29, 1.82) is 0 Å². The van der Waals surface area contributed by atoms with E-state index in [9.17, 15) is 4.79 Å². The number of aromatic amines is 1. The maximum absolute atomic E-state index is 11.7. The van der Waals surface area contributed by atoms with Crippen LogP contribution in [0.5, 0.6) is 0 Å². The van der Waals surface area contributed by atoms with Crippen molar-refractivity contribution in [2.24, 2.45) is 0 Å². The molecule has 88 valence electrons. The zero-order valence-corrected chi connectivity index (χ0v) is 9.95. The van der Waals surface area contributed by atoms with E-state index in [1.165, 1.54) is 7.11 Å². The monoisotopic (exact) mass is 249 g/mol. The van der Waals surface area contributed by atoms with Crippen LogP contribution in [-0.4, -0.2) is 22.6 Å². The number of carbonyl (C=O) groups excluding carboxylic acids is 1. The first-order valence-corrected chi connectivity index (χ1v) is 5.34. The number of aromatic nitrogens is 2. The first-order valence-electron chi connectivity index (χ1n) is 4.93. The van der Waals surface area contributed by atoms with E-state index in [-0.39, 0.29) is 5.91 Å². The van der Waals surface area contributed by atoms with Crippen molar-refractivity contribution < 1.29 is 9.63 Å². The molecule has 2 N–H and O–H groups in total. The van der Waals surface area contributed by atoms with E-state index in [4.69, 9.17) is 12.2 Å². The van der Waals surface area contributed by atoms with Gasteiger partial charge in [-0.05, 0) is 24.4 Å². The second-order valence-electron chi connectivity index (χ2n) is 3.29. The number of hydroxylamine groups is 1. The summed E-state index contributed by atoms with van der Waals surface area (Å²) in [7, 11) is 1.38. The summed E-state index contributed by atoms with van der Waals surface area (Å²) in [4.78, 5) is 19.2. The van der Waals surface area contributed by atoms with Gasteiger partial charge >= 0.3 is 0 Å². The Morgan fingerprint density at radius 3 is 2.76 bits per heavy atom. The summed E-state index contributed by atoms with van der Waals surface area (Å²) in [6.45, 7) is 0. The van der Waals surface area contributed by atoms with Crippen molar-refractivity contribution in [3.8, 4) is 5.69 Å². The van der Waals surface area contributed by atoms with Crippen molar-refractivity contribution >= 4 is 18.1 Å². The number of hydrogen-bond donors (Lipinski definition) is 2. The second kappa shape index (κ2) is 4.94. The molecule has 2 aromatic rings. The molecule has 0 atom stereocenters. The predicted molar refractivity (Wildman–Crippen MR) is 65.4 cm³/mol. The van der Waals surface area contributed by atoms with E-state index in [1.54, 1.807) is 10.8 Å². The SMILES string of the molecule is CONC(=O)c1c[nH]c(=S)n1-c1ccccc1. The molecule has 0 saturated heterocycles.